The highest BCUT2D eigenvalue weighted by atomic mass is 19.1. The molecule has 0 heterocycles. The molecule has 0 aliphatic carbocycles. The van der Waals surface area contributed by atoms with Gasteiger partial charge in [0.05, 0.1) is 7.11 Å². The van der Waals surface area contributed by atoms with Gasteiger partial charge in [-0.1, -0.05) is 24.3 Å². The maximum absolute atomic E-state index is 12.8. The molecule has 22 heavy (non-hydrogen) atoms. The Bertz CT molecular complexity index is 611. The molecule has 0 bridgehead atoms. The van der Waals surface area contributed by atoms with Gasteiger partial charge in [0.25, 0.3) is 0 Å². The van der Waals surface area contributed by atoms with E-state index < -0.39 is 0 Å². The largest absolute Gasteiger partial charge is 0.497 e. The number of ether oxygens (including phenoxy) is 1. The Morgan fingerprint density at radius 2 is 1.86 bits per heavy atom. The van der Waals surface area contributed by atoms with Gasteiger partial charge in [0.15, 0.2) is 0 Å². The minimum Gasteiger partial charge on any atom is -0.497 e. The van der Waals surface area contributed by atoms with E-state index in [9.17, 15) is 9.18 Å². The van der Waals surface area contributed by atoms with E-state index in [0.29, 0.717) is 25.8 Å². The predicted molar refractivity (Wildman–Crippen MR) is 84.4 cm³/mol. The first kappa shape index (κ1) is 16.0. The minimum absolute atomic E-state index is 0.0185. The summed E-state index contributed by atoms with van der Waals surface area (Å²) in [5.41, 5.74) is 2.09. The minimum atomic E-state index is -0.244. The number of carbonyl (C=O) groups excluding carboxylic acids is 1. The van der Waals surface area contributed by atoms with Crippen molar-refractivity contribution in [2.75, 3.05) is 13.7 Å². The van der Waals surface area contributed by atoms with Gasteiger partial charge in [0.1, 0.15) is 11.6 Å². The molecule has 4 heteroatoms. The molecule has 3 nitrogen and oxygen atoms in total. The summed E-state index contributed by atoms with van der Waals surface area (Å²) in [6, 6.07) is 14.0. The molecule has 2 rings (SSSR count). The van der Waals surface area contributed by atoms with Crippen molar-refractivity contribution < 1.29 is 13.9 Å². The lowest BCUT2D eigenvalue weighted by atomic mass is 10.1. The molecule has 116 valence electrons. The van der Waals surface area contributed by atoms with Crippen molar-refractivity contribution in [2.24, 2.45) is 0 Å². The summed E-state index contributed by atoms with van der Waals surface area (Å²) in [5.74, 6) is 0.574. The number of benzene rings is 2. The quantitative estimate of drug-likeness (QED) is 0.853. The van der Waals surface area contributed by atoms with Gasteiger partial charge < -0.3 is 10.1 Å². The van der Waals surface area contributed by atoms with E-state index >= 15 is 0 Å². The summed E-state index contributed by atoms with van der Waals surface area (Å²) in [6.45, 7) is 0.558. The lowest BCUT2D eigenvalue weighted by molar-refractivity contribution is -0.121. The van der Waals surface area contributed by atoms with Gasteiger partial charge in [0, 0.05) is 13.0 Å². The zero-order valence-electron chi connectivity index (χ0n) is 12.6. The van der Waals surface area contributed by atoms with E-state index in [-0.39, 0.29) is 11.7 Å². The number of hydrogen-bond acceptors (Lipinski definition) is 2. The SMILES string of the molecule is COc1cccc(CCC(=O)NCCc2ccc(F)cc2)c1. The van der Waals surface area contributed by atoms with Gasteiger partial charge in [-0.3, -0.25) is 4.79 Å². The van der Waals surface area contributed by atoms with Crippen LogP contribution in [0.1, 0.15) is 17.5 Å². The van der Waals surface area contributed by atoms with Gasteiger partial charge >= 0.3 is 0 Å². The van der Waals surface area contributed by atoms with Crippen LogP contribution >= 0.6 is 0 Å². The third-order valence-electron chi connectivity index (χ3n) is 3.42. The van der Waals surface area contributed by atoms with Crippen molar-refractivity contribution in [1.82, 2.24) is 5.32 Å². The highest BCUT2D eigenvalue weighted by Crippen LogP contribution is 2.13. The van der Waals surface area contributed by atoms with E-state index in [2.05, 4.69) is 5.32 Å². The molecule has 0 saturated carbocycles. The number of hydrogen-bond donors (Lipinski definition) is 1. The van der Waals surface area contributed by atoms with Gasteiger partial charge in [-0.2, -0.15) is 0 Å². The van der Waals surface area contributed by atoms with E-state index in [1.807, 2.05) is 24.3 Å². The summed E-state index contributed by atoms with van der Waals surface area (Å²) in [6.07, 6.45) is 1.82. The van der Waals surface area contributed by atoms with Crippen LogP contribution in [0.4, 0.5) is 4.39 Å². The molecule has 2 aromatic rings. The number of nitrogens with one attached hydrogen (secondary N) is 1. The van der Waals surface area contributed by atoms with E-state index in [0.717, 1.165) is 16.9 Å². The molecule has 0 saturated heterocycles. The first-order valence-corrected chi connectivity index (χ1v) is 7.31. The summed E-state index contributed by atoms with van der Waals surface area (Å²) in [7, 11) is 1.63. The van der Waals surface area contributed by atoms with Gasteiger partial charge in [0.2, 0.25) is 5.91 Å². The lowest BCUT2D eigenvalue weighted by Gasteiger charge is -2.07. The van der Waals surface area contributed by atoms with Crippen LogP contribution in [0.25, 0.3) is 0 Å². The topological polar surface area (TPSA) is 38.3 Å². The van der Waals surface area contributed by atoms with Gasteiger partial charge in [-0.05, 0) is 48.2 Å². The molecule has 0 aliphatic heterocycles. The maximum atomic E-state index is 12.8. The van der Waals surface area contributed by atoms with Crippen molar-refractivity contribution in [3.63, 3.8) is 0 Å². The molecule has 0 spiro atoms. The number of carbonyl (C=O) groups is 1. The smallest absolute Gasteiger partial charge is 0.220 e. The average molecular weight is 301 g/mol. The molecular formula is C18H20FNO2. The number of rotatable bonds is 7. The molecule has 0 radical (unpaired) electrons. The zero-order chi connectivity index (χ0) is 15.8. The van der Waals surface area contributed by atoms with Crippen LogP contribution in [-0.4, -0.2) is 19.6 Å². The first-order valence-electron chi connectivity index (χ1n) is 7.31. The monoisotopic (exact) mass is 301 g/mol. The van der Waals surface area contributed by atoms with Crippen LogP contribution in [0.2, 0.25) is 0 Å². The molecule has 1 amide bonds. The van der Waals surface area contributed by atoms with Crippen molar-refractivity contribution >= 4 is 5.91 Å². The van der Waals surface area contributed by atoms with Crippen molar-refractivity contribution in [2.45, 2.75) is 19.3 Å². The van der Waals surface area contributed by atoms with Gasteiger partial charge in [-0.15, -0.1) is 0 Å². The van der Waals surface area contributed by atoms with Crippen molar-refractivity contribution in [1.29, 1.82) is 0 Å². The molecule has 0 unspecified atom stereocenters. The summed E-state index contributed by atoms with van der Waals surface area (Å²) in [4.78, 5) is 11.8. The highest BCUT2D eigenvalue weighted by Gasteiger charge is 2.03. The fourth-order valence-corrected chi connectivity index (χ4v) is 2.17. The number of aryl methyl sites for hydroxylation is 1. The van der Waals surface area contributed by atoms with E-state index in [1.165, 1.54) is 12.1 Å². The molecule has 0 fully saturated rings. The number of methoxy groups -OCH3 is 1. The second kappa shape index (κ2) is 8.17. The third-order valence-corrected chi connectivity index (χ3v) is 3.42. The standard InChI is InChI=1S/C18H20FNO2/c1-22-17-4-2-3-15(13-17)7-10-18(21)20-12-11-14-5-8-16(19)9-6-14/h2-6,8-9,13H,7,10-12H2,1H3,(H,20,21). The predicted octanol–water partition coefficient (Wildman–Crippen LogP) is 3.13. The summed E-state index contributed by atoms with van der Waals surface area (Å²) in [5, 5.41) is 2.88. The second-order valence-electron chi connectivity index (χ2n) is 5.08. The van der Waals surface area contributed by atoms with E-state index in [4.69, 9.17) is 4.74 Å². The summed E-state index contributed by atoms with van der Waals surface area (Å²) < 4.78 is 17.9. The molecular weight excluding hydrogens is 281 g/mol. The fraction of sp³-hybridized carbons (Fsp3) is 0.278. The van der Waals surface area contributed by atoms with Gasteiger partial charge in [-0.25, -0.2) is 4.39 Å². The highest BCUT2D eigenvalue weighted by molar-refractivity contribution is 5.76. The maximum Gasteiger partial charge on any atom is 0.220 e. The Hall–Kier alpha value is -2.36. The molecule has 0 aromatic heterocycles. The molecule has 0 atom stereocenters. The lowest BCUT2D eigenvalue weighted by Crippen LogP contribution is -2.25. The number of halogens is 1. The Morgan fingerprint density at radius 3 is 2.59 bits per heavy atom. The molecule has 0 aliphatic rings. The third kappa shape index (κ3) is 5.20. The number of amides is 1. The second-order valence-corrected chi connectivity index (χ2v) is 5.08. The Labute approximate surface area is 130 Å². The zero-order valence-corrected chi connectivity index (χ0v) is 12.6. The fourth-order valence-electron chi connectivity index (χ4n) is 2.17. The molecule has 1 N–H and O–H groups in total. The van der Waals surface area contributed by atoms with Crippen LogP contribution in [0.15, 0.2) is 48.5 Å². The average Bonchev–Trinajstić information content (AvgIpc) is 2.55. The van der Waals surface area contributed by atoms with E-state index in [1.54, 1.807) is 19.2 Å². The van der Waals surface area contributed by atoms with Crippen LogP contribution in [0.5, 0.6) is 5.75 Å². The Kier molecular flexibility index (Phi) is 5.95. The normalized spacial score (nSPS) is 10.3. The van der Waals surface area contributed by atoms with Crippen LogP contribution < -0.4 is 10.1 Å². The van der Waals surface area contributed by atoms with Crippen LogP contribution in [0, 0.1) is 5.82 Å². The van der Waals surface area contributed by atoms with Crippen molar-refractivity contribution in [3.8, 4) is 5.75 Å². The van der Waals surface area contributed by atoms with Crippen LogP contribution in [0.3, 0.4) is 0 Å². The first-order chi connectivity index (χ1) is 10.7. The summed E-state index contributed by atoms with van der Waals surface area (Å²) >= 11 is 0. The molecule has 2 aromatic carbocycles. The Balaban J connectivity index is 1.70. The Morgan fingerprint density at radius 1 is 1.09 bits per heavy atom. The van der Waals surface area contributed by atoms with Crippen molar-refractivity contribution in [3.05, 3.63) is 65.5 Å². The van der Waals surface area contributed by atoms with Crippen LogP contribution in [-0.2, 0) is 17.6 Å².